The summed E-state index contributed by atoms with van der Waals surface area (Å²) in [6.07, 6.45) is 0. The van der Waals surface area contributed by atoms with Crippen molar-refractivity contribution in [3.63, 3.8) is 0 Å². The average Bonchev–Trinajstić information content (AvgIpc) is 2.14. The SMILES string of the molecule is CN(C)Cc1cccc(CN=NN)c1. The Morgan fingerprint density at radius 3 is 2.64 bits per heavy atom. The molecule has 0 aliphatic carbocycles. The van der Waals surface area contributed by atoms with E-state index >= 15 is 0 Å². The Hall–Kier alpha value is -1.42. The Morgan fingerprint density at radius 1 is 1.29 bits per heavy atom. The predicted molar refractivity (Wildman–Crippen MR) is 56.6 cm³/mol. The molecule has 0 heterocycles. The molecular formula is C10H16N4. The molecule has 0 aliphatic heterocycles. The van der Waals surface area contributed by atoms with Gasteiger partial charge in [-0.1, -0.05) is 29.5 Å². The number of nitrogens with zero attached hydrogens (tertiary/aromatic N) is 3. The first-order chi connectivity index (χ1) is 6.72. The van der Waals surface area contributed by atoms with E-state index in [1.165, 1.54) is 5.56 Å². The third-order valence-electron chi connectivity index (χ3n) is 1.83. The second-order valence-corrected chi connectivity index (χ2v) is 3.47. The van der Waals surface area contributed by atoms with Crippen LogP contribution in [0.2, 0.25) is 0 Å². The topological polar surface area (TPSA) is 54.0 Å². The first-order valence-corrected chi connectivity index (χ1v) is 4.51. The highest BCUT2D eigenvalue weighted by Crippen LogP contribution is 2.07. The highest BCUT2D eigenvalue weighted by molar-refractivity contribution is 5.23. The van der Waals surface area contributed by atoms with Crippen LogP contribution >= 0.6 is 0 Å². The summed E-state index contributed by atoms with van der Waals surface area (Å²) in [6.45, 7) is 1.49. The highest BCUT2D eigenvalue weighted by atomic mass is 15.3. The van der Waals surface area contributed by atoms with Gasteiger partial charge in [0.05, 0.1) is 6.54 Å². The molecule has 2 N–H and O–H groups in total. The van der Waals surface area contributed by atoms with Gasteiger partial charge >= 0.3 is 0 Å². The standard InChI is InChI=1S/C10H16N4/c1-14(2)8-10-5-3-4-9(6-10)7-12-13-11/h3-6H,7-8H2,1-2H3,(H2,11,12). The molecule has 0 amide bonds. The Bertz CT molecular complexity index is 307. The maximum absolute atomic E-state index is 4.95. The third kappa shape index (κ3) is 3.53. The van der Waals surface area contributed by atoms with Gasteiger partial charge in [0.1, 0.15) is 0 Å². The minimum absolute atomic E-state index is 0.553. The van der Waals surface area contributed by atoms with E-state index in [2.05, 4.69) is 27.4 Å². The zero-order valence-electron chi connectivity index (χ0n) is 8.64. The van der Waals surface area contributed by atoms with Crippen molar-refractivity contribution in [3.8, 4) is 0 Å². The molecule has 1 aromatic rings. The van der Waals surface area contributed by atoms with Gasteiger partial charge in [-0.15, -0.1) is 0 Å². The van der Waals surface area contributed by atoms with Crippen molar-refractivity contribution in [3.05, 3.63) is 35.4 Å². The normalized spacial score (nSPS) is 11.4. The van der Waals surface area contributed by atoms with Crippen LogP contribution in [0.15, 0.2) is 34.6 Å². The van der Waals surface area contributed by atoms with Gasteiger partial charge in [0.25, 0.3) is 0 Å². The minimum Gasteiger partial charge on any atom is -0.305 e. The highest BCUT2D eigenvalue weighted by Gasteiger charge is 1.96. The molecule has 0 spiro atoms. The van der Waals surface area contributed by atoms with Crippen molar-refractivity contribution in [2.45, 2.75) is 13.1 Å². The van der Waals surface area contributed by atoms with Crippen LogP contribution in [0.1, 0.15) is 11.1 Å². The lowest BCUT2D eigenvalue weighted by Gasteiger charge is -2.09. The fourth-order valence-corrected chi connectivity index (χ4v) is 1.31. The summed E-state index contributed by atoms with van der Waals surface area (Å²) < 4.78 is 0. The Kier molecular flexibility index (Phi) is 4.07. The molecule has 0 radical (unpaired) electrons. The lowest BCUT2D eigenvalue weighted by atomic mass is 10.1. The van der Waals surface area contributed by atoms with Gasteiger partial charge in [-0.3, -0.25) is 0 Å². The summed E-state index contributed by atoms with van der Waals surface area (Å²) in [7, 11) is 4.10. The van der Waals surface area contributed by atoms with Crippen LogP contribution in [0.3, 0.4) is 0 Å². The number of hydrogen-bond acceptors (Lipinski definition) is 3. The van der Waals surface area contributed by atoms with Crippen LogP contribution in [0.5, 0.6) is 0 Å². The molecular weight excluding hydrogens is 176 g/mol. The second-order valence-electron chi connectivity index (χ2n) is 3.47. The molecule has 1 rings (SSSR count). The van der Waals surface area contributed by atoms with E-state index in [1.807, 2.05) is 26.2 Å². The van der Waals surface area contributed by atoms with Gasteiger partial charge in [-0.2, -0.15) is 5.11 Å². The van der Waals surface area contributed by atoms with E-state index in [9.17, 15) is 0 Å². The lowest BCUT2D eigenvalue weighted by Crippen LogP contribution is -2.10. The molecule has 1 aromatic carbocycles. The van der Waals surface area contributed by atoms with Gasteiger partial charge in [0.15, 0.2) is 0 Å². The largest absolute Gasteiger partial charge is 0.305 e. The van der Waals surface area contributed by atoms with E-state index in [-0.39, 0.29) is 0 Å². The van der Waals surface area contributed by atoms with Gasteiger partial charge in [0.2, 0.25) is 0 Å². The number of hydrogen-bond donors (Lipinski definition) is 1. The Morgan fingerprint density at radius 2 is 2.00 bits per heavy atom. The van der Waals surface area contributed by atoms with Crippen molar-refractivity contribution in [1.82, 2.24) is 4.90 Å². The van der Waals surface area contributed by atoms with Crippen LogP contribution in [-0.2, 0) is 13.1 Å². The van der Waals surface area contributed by atoms with E-state index in [4.69, 9.17) is 5.84 Å². The van der Waals surface area contributed by atoms with Crippen LogP contribution in [0.4, 0.5) is 0 Å². The summed E-state index contributed by atoms with van der Waals surface area (Å²) in [5.74, 6) is 4.95. The summed E-state index contributed by atoms with van der Waals surface area (Å²) in [5.41, 5.74) is 2.42. The van der Waals surface area contributed by atoms with E-state index in [1.54, 1.807) is 0 Å². The number of benzene rings is 1. The predicted octanol–water partition coefficient (Wildman–Crippen LogP) is 1.57. The summed E-state index contributed by atoms with van der Waals surface area (Å²) in [5, 5.41) is 6.99. The van der Waals surface area contributed by atoms with Crippen LogP contribution < -0.4 is 5.84 Å². The first kappa shape index (κ1) is 10.7. The third-order valence-corrected chi connectivity index (χ3v) is 1.83. The fraction of sp³-hybridized carbons (Fsp3) is 0.400. The second kappa shape index (κ2) is 5.34. The molecule has 4 heteroatoms. The van der Waals surface area contributed by atoms with Crippen molar-refractivity contribution in [1.29, 1.82) is 0 Å². The van der Waals surface area contributed by atoms with E-state index < -0.39 is 0 Å². The van der Waals surface area contributed by atoms with E-state index in [0.29, 0.717) is 6.54 Å². The molecule has 76 valence electrons. The molecule has 0 aliphatic rings. The molecule has 0 bridgehead atoms. The average molecular weight is 192 g/mol. The molecule has 14 heavy (non-hydrogen) atoms. The van der Waals surface area contributed by atoms with Crippen LogP contribution in [0, 0.1) is 0 Å². The Balaban J connectivity index is 2.68. The smallest absolute Gasteiger partial charge is 0.0870 e. The quantitative estimate of drug-likeness (QED) is 0.447. The summed E-state index contributed by atoms with van der Waals surface area (Å²) >= 11 is 0. The maximum atomic E-state index is 4.95. The van der Waals surface area contributed by atoms with Crippen LogP contribution in [0.25, 0.3) is 0 Å². The zero-order chi connectivity index (χ0) is 10.4. The number of rotatable bonds is 4. The van der Waals surface area contributed by atoms with Crippen molar-refractivity contribution in [2.75, 3.05) is 14.1 Å². The molecule has 4 nitrogen and oxygen atoms in total. The summed E-state index contributed by atoms with van der Waals surface area (Å²) in [4.78, 5) is 2.13. The van der Waals surface area contributed by atoms with Gasteiger partial charge in [0, 0.05) is 6.54 Å². The van der Waals surface area contributed by atoms with E-state index in [0.717, 1.165) is 12.1 Å². The van der Waals surface area contributed by atoms with Crippen molar-refractivity contribution < 1.29 is 0 Å². The molecule has 0 fully saturated rings. The van der Waals surface area contributed by atoms with Gasteiger partial charge in [-0.25, -0.2) is 0 Å². The lowest BCUT2D eigenvalue weighted by molar-refractivity contribution is 0.402. The molecule has 0 saturated heterocycles. The Labute approximate surface area is 84.4 Å². The molecule has 0 unspecified atom stereocenters. The minimum atomic E-state index is 0.553. The number of nitrogens with two attached hydrogens (primary N) is 1. The molecule has 0 saturated carbocycles. The van der Waals surface area contributed by atoms with Crippen molar-refractivity contribution >= 4 is 0 Å². The monoisotopic (exact) mass is 192 g/mol. The van der Waals surface area contributed by atoms with Gasteiger partial charge < -0.3 is 10.7 Å². The fourth-order valence-electron chi connectivity index (χ4n) is 1.31. The maximum Gasteiger partial charge on any atom is 0.0870 e. The van der Waals surface area contributed by atoms with Gasteiger partial charge in [-0.05, 0) is 25.2 Å². The zero-order valence-corrected chi connectivity index (χ0v) is 8.64. The van der Waals surface area contributed by atoms with Crippen LogP contribution in [-0.4, -0.2) is 19.0 Å². The first-order valence-electron chi connectivity index (χ1n) is 4.51. The van der Waals surface area contributed by atoms with Crippen molar-refractivity contribution in [2.24, 2.45) is 16.2 Å². The molecule has 0 atom stereocenters. The molecule has 0 aromatic heterocycles. The summed E-state index contributed by atoms with van der Waals surface area (Å²) in [6, 6.07) is 8.27.